The van der Waals surface area contributed by atoms with E-state index < -0.39 is 121 Å². The zero-order valence-corrected chi connectivity index (χ0v) is 34.9. The molecule has 0 heterocycles. The van der Waals surface area contributed by atoms with Crippen molar-refractivity contribution in [2.24, 2.45) is 23.5 Å². The molecule has 8 atom stereocenters. The fourth-order valence-electron chi connectivity index (χ4n) is 5.67. The van der Waals surface area contributed by atoms with Crippen LogP contribution < -0.4 is 43.0 Å². The van der Waals surface area contributed by atoms with Crippen LogP contribution in [-0.2, 0) is 49.6 Å². The molecule has 0 aliphatic rings. The van der Waals surface area contributed by atoms with Crippen LogP contribution in [0.1, 0.15) is 80.2 Å². The molecule has 0 saturated heterocycles. The van der Waals surface area contributed by atoms with E-state index in [-0.39, 0.29) is 24.7 Å². The maximum atomic E-state index is 13.5. The fraction of sp³-hybridized carbons (Fsp3) is 0.615. The van der Waals surface area contributed by atoms with Crippen molar-refractivity contribution in [2.45, 2.75) is 129 Å². The molecule has 330 valence electrons. The first-order valence-electron chi connectivity index (χ1n) is 19.4. The van der Waals surface area contributed by atoms with E-state index in [0.29, 0.717) is 6.42 Å². The molecule has 12 N–H and O–H groups in total. The molecule has 0 spiro atoms. The number of carbonyl (C=O) groups excluding carboxylic acids is 7. The van der Waals surface area contributed by atoms with Crippen LogP contribution in [0.4, 0.5) is 0 Å². The zero-order valence-electron chi connectivity index (χ0n) is 34.9. The van der Waals surface area contributed by atoms with Crippen LogP contribution in [0.5, 0.6) is 0 Å². The van der Waals surface area contributed by atoms with Crippen LogP contribution in [0, 0.1) is 17.8 Å². The quantitative estimate of drug-likeness (QED) is 0.0524. The van der Waals surface area contributed by atoms with Crippen molar-refractivity contribution < 1.29 is 58.5 Å². The third kappa shape index (κ3) is 19.1. The van der Waals surface area contributed by atoms with Crippen molar-refractivity contribution in [3.05, 3.63) is 35.9 Å². The largest absolute Gasteiger partial charge is 0.481 e. The highest BCUT2D eigenvalue weighted by Gasteiger charge is 2.35. The van der Waals surface area contributed by atoms with Gasteiger partial charge in [0.1, 0.15) is 36.3 Å². The van der Waals surface area contributed by atoms with Crippen molar-refractivity contribution in [1.82, 2.24) is 37.2 Å². The van der Waals surface area contributed by atoms with E-state index in [1.54, 1.807) is 58.0 Å². The summed E-state index contributed by atoms with van der Waals surface area (Å²) in [5.41, 5.74) is 6.76. The van der Waals surface area contributed by atoms with Gasteiger partial charge in [-0.05, 0) is 50.0 Å². The van der Waals surface area contributed by atoms with Crippen molar-refractivity contribution in [2.75, 3.05) is 6.54 Å². The molecular weight excluding hydrogens is 772 g/mol. The van der Waals surface area contributed by atoms with E-state index in [9.17, 15) is 58.5 Å². The number of aliphatic hydroxyl groups excluding tert-OH is 1. The van der Waals surface area contributed by atoms with Crippen molar-refractivity contribution in [1.29, 1.82) is 0 Å². The molecule has 0 radical (unpaired) electrons. The molecular formula is C39H62N8O12. The van der Waals surface area contributed by atoms with E-state index in [1.807, 2.05) is 13.8 Å². The molecule has 0 bridgehead atoms. The monoisotopic (exact) mass is 834 g/mol. The standard InChI is InChI=1S/C39H62N8O12/c1-19(2)14-25(40)34(53)44-26(16-24-12-10-9-11-13-24)35(54)42-22(7)33(52)46-31(21(5)6)38(57)45-27(17-30(50)51)36(55)47-32(23(8)48)37(56)41-18-29(49)43-28(39(58)59)15-20(3)4/h9-13,19-23,25-28,31-32,48H,14-18,40H2,1-8H3,(H,41,56)(H,42,54)(H,43,49)(H,44,53)(H,45,57)(H,46,52)(H,47,55)(H,50,51)(H,58,59)/t22-,23+,25-,26-,27-,28-,31-,32-/m0/s1. The Labute approximate surface area is 343 Å². The van der Waals surface area contributed by atoms with Crippen LogP contribution in [0.3, 0.4) is 0 Å². The highest BCUT2D eigenvalue weighted by atomic mass is 16.4. The maximum Gasteiger partial charge on any atom is 0.326 e. The molecule has 1 aromatic rings. The second-order valence-electron chi connectivity index (χ2n) is 15.6. The minimum Gasteiger partial charge on any atom is -0.481 e. The molecule has 0 aliphatic heterocycles. The van der Waals surface area contributed by atoms with Gasteiger partial charge < -0.3 is 58.3 Å². The van der Waals surface area contributed by atoms with E-state index in [4.69, 9.17) is 5.73 Å². The van der Waals surface area contributed by atoms with Gasteiger partial charge in [0.05, 0.1) is 25.1 Å². The van der Waals surface area contributed by atoms with Gasteiger partial charge in [0, 0.05) is 6.42 Å². The summed E-state index contributed by atoms with van der Waals surface area (Å²) >= 11 is 0. The summed E-state index contributed by atoms with van der Waals surface area (Å²) in [4.78, 5) is 115. The third-order valence-corrected chi connectivity index (χ3v) is 8.81. The molecule has 59 heavy (non-hydrogen) atoms. The molecule has 0 aromatic heterocycles. The maximum absolute atomic E-state index is 13.5. The molecule has 7 amide bonds. The van der Waals surface area contributed by atoms with Gasteiger partial charge in [0.2, 0.25) is 41.4 Å². The summed E-state index contributed by atoms with van der Waals surface area (Å²) in [7, 11) is 0. The lowest BCUT2D eigenvalue weighted by Gasteiger charge is -2.28. The molecule has 0 unspecified atom stereocenters. The Bertz CT molecular complexity index is 1620. The van der Waals surface area contributed by atoms with Crippen LogP contribution in [0.15, 0.2) is 30.3 Å². The van der Waals surface area contributed by atoms with Crippen LogP contribution in [0.2, 0.25) is 0 Å². The Morgan fingerprint density at radius 1 is 0.593 bits per heavy atom. The SMILES string of the molecule is CC(C)C[C@H](NC(=O)CNC(=O)[C@@H](NC(=O)[C@H](CC(=O)O)NC(=O)[C@@H](NC(=O)[C@H](C)NC(=O)[C@H](Cc1ccccc1)NC(=O)[C@@H](N)CC(C)C)C(C)C)[C@@H](C)O)C(=O)O. The van der Waals surface area contributed by atoms with Crippen molar-refractivity contribution in [3.8, 4) is 0 Å². The number of nitrogens with two attached hydrogens (primary N) is 1. The molecule has 0 aliphatic carbocycles. The molecule has 1 rings (SSSR count). The van der Waals surface area contributed by atoms with E-state index in [0.717, 1.165) is 12.5 Å². The number of aliphatic carboxylic acids is 2. The first-order valence-corrected chi connectivity index (χ1v) is 19.4. The summed E-state index contributed by atoms with van der Waals surface area (Å²) in [6.45, 7) is 12.1. The van der Waals surface area contributed by atoms with Gasteiger partial charge in [-0.2, -0.15) is 0 Å². The number of carboxylic acid groups (broad SMARTS) is 2. The molecule has 20 nitrogen and oxygen atoms in total. The van der Waals surface area contributed by atoms with Gasteiger partial charge in [-0.25, -0.2) is 4.79 Å². The number of carboxylic acids is 2. The Balaban J connectivity index is 3.08. The Kier molecular flexibility index (Phi) is 21.8. The van der Waals surface area contributed by atoms with Gasteiger partial charge in [0.25, 0.3) is 0 Å². The van der Waals surface area contributed by atoms with Gasteiger partial charge in [0.15, 0.2) is 0 Å². The number of hydrogen-bond donors (Lipinski definition) is 11. The minimum absolute atomic E-state index is 0.0732. The summed E-state index contributed by atoms with van der Waals surface area (Å²) < 4.78 is 0. The smallest absolute Gasteiger partial charge is 0.326 e. The van der Waals surface area contributed by atoms with Gasteiger partial charge >= 0.3 is 11.9 Å². The Hall–Kier alpha value is -5.63. The Morgan fingerprint density at radius 2 is 1.14 bits per heavy atom. The lowest BCUT2D eigenvalue weighted by Crippen LogP contribution is -2.61. The topological polar surface area (TPSA) is 325 Å². The second kappa shape index (κ2) is 25.0. The van der Waals surface area contributed by atoms with E-state index >= 15 is 0 Å². The predicted octanol–water partition coefficient (Wildman–Crippen LogP) is -1.71. The van der Waals surface area contributed by atoms with Crippen LogP contribution in [0.25, 0.3) is 0 Å². The first-order chi connectivity index (χ1) is 27.4. The number of benzene rings is 1. The zero-order chi connectivity index (χ0) is 45.1. The lowest BCUT2D eigenvalue weighted by molar-refractivity contribution is -0.142. The average molecular weight is 835 g/mol. The third-order valence-electron chi connectivity index (χ3n) is 8.81. The molecule has 20 heteroatoms. The normalized spacial score (nSPS) is 15.3. The van der Waals surface area contributed by atoms with Crippen LogP contribution >= 0.6 is 0 Å². The average Bonchev–Trinajstić information content (AvgIpc) is 3.13. The summed E-state index contributed by atoms with van der Waals surface area (Å²) in [6, 6.07) is -0.632. The number of aliphatic hydroxyl groups is 1. The number of amides is 7. The van der Waals surface area contributed by atoms with Gasteiger partial charge in [-0.1, -0.05) is 71.9 Å². The van der Waals surface area contributed by atoms with Gasteiger partial charge in [-0.3, -0.25) is 38.4 Å². The first kappa shape index (κ1) is 51.4. The second-order valence-corrected chi connectivity index (χ2v) is 15.6. The lowest BCUT2D eigenvalue weighted by atomic mass is 10.0. The molecule has 0 fully saturated rings. The minimum atomic E-state index is -1.83. The Morgan fingerprint density at radius 3 is 1.64 bits per heavy atom. The van der Waals surface area contributed by atoms with Crippen molar-refractivity contribution >= 4 is 53.3 Å². The molecule has 1 aromatic carbocycles. The predicted molar refractivity (Wildman–Crippen MR) is 214 cm³/mol. The summed E-state index contributed by atoms with van der Waals surface area (Å²) in [6.07, 6.45) is -2.02. The number of hydrogen-bond acceptors (Lipinski definition) is 11. The highest BCUT2D eigenvalue weighted by Crippen LogP contribution is 2.09. The van der Waals surface area contributed by atoms with E-state index in [2.05, 4.69) is 37.2 Å². The summed E-state index contributed by atoms with van der Waals surface area (Å²) in [5, 5.41) is 45.7. The van der Waals surface area contributed by atoms with E-state index in [1.165, 1.54) is 6.92 Å². The van der Waals surface area contributed by atoms with Crippen LogP contribution in [-0.4, -0.2) is 124 Å². The number of nitrogens with one attached hydrogen (secondary N) is 7. The fourth-order valence-corrected chi connectivity index (χ4v) is 5.67. The van der Waals surface area contributed by atoms with Crippen molar-refractivity contribution in [3.63, 3.8) is 0 Å². The number of rotatable bonds is 25. The highest BCUT2D eigenvalue weighted by molar-refractivity contribution is 5.98. The number of carbonyl (C=O) groups is 9. The molecule has 0 saturated carbocycles. The van der Waals surface area contributed by atoms with Gasteiger partial charge in [-0.15, -0.1) is 0 Å². The summed E-state index contributed by atoms with van der Waals surface area (Å²) in [5.74, 6) is -9.67.